The van der Waals surface area contributed by atoms with Gasteiger partial charge in [0, 0.05) is 18.7 Å². The molecule has 0 spiro atoms. The minimum atomic E-state index is 0.0510. The zero-order chi connectivity index (χ0) is 21.2. The van der Waals surface area contributed by atoms with E-state index in [2.05, 4.69) is 6.07 Å². The van der Waals surface area contributed by atoms with Crippen LogP contribution in [0.5, 0.6) is 5.75 Å². The minimum Gasteiger partial charge on any atom is -0.497 e. The van der Waals surface area contributed by atoms with Gasteiger partial charge in [0.05, 0.1) is 18.5 Å². The molecule has 5 rings (SSSR count). The van der Waals surface area contributed by atoms with E-state index < -0.39 is 0 Å². The number of carbonyl (C=O) groups excluding carboxylic acids is 1. The van der Waals surface area contributed by atoms with Crippen molar-refractivity contribution in [1.29, 1.82) is 0 Å². The first-order valence-corrected chi connectivity index (χ1v) is 10.3. The summed E-state index contributed by atoms with van der Waals surface area (Å²) in [6.07, 6.45) is 0. The predicted molar refractivity (Wildman–Crippen MR) is 120 cm³/mol. The smallest absolute Gasteiger partial charge is 0.244 e. The molecule has 0 saturated carbocycles. The molecule has 0 atom stereocenters. The molecule has 0 radical (unpaired) electrons. The third-order valence-corrected chi connectivity index (χ3v) is 5.69. The van der Waals surface area contributed by atoms with Gasteiger partial charge in [0.2, 0.25) is 5.91 Å². The topological polar surface area (TPSA) is 47.4 Å². The molecule has 2 heterocycles. The van der Waals surface area contributed by atoms with Crippen molar-refractivity contribution in [2.45, 2.75) is 19.6 Å². The molecule has 4 aromatic rings. The van der Waals surface area contributed by atoms with Gasteiger partial charge in [-0.3, -0.25) is 9.48 Å². The Bertz CT molecular complexity index is 1220. The van der Waals surface area contributed by atoms with Crippen molar-refractivity contribution in [2.75, 3.05) is 7.11 Å². The zero-order valence-electron chi connectivity index (χ0n) is 17.4. The molecule has 0 N–H and O–H groups in total. The summed E-state index contributed by atoms with van der Waals surface area (Å²) in [6.45, 7) is 1.41. The maximum atomic E-state index is 13.2. The van der Waals surface area contributed by atoms with E-state index in [1.165, 1.54) is 5.56 Å². The van der Waals surface area contributed by atoms with Crippen molar-refractivity contribution in [3.05, 3.63) is 96.1 Å². The normalized spacial score (nSPS) is 12.6. The molecule has 5 nitrogen and oxygen atoms in total. The summed E-state index contributed by atoms with van der Waals surface area (Å²) in [6, 6.07) is 28.2. The Morgan fingerprint density at radius 1 is 0.871 bits per heavy atom. The van der Waals surface area contributed by atoms with Gasteiger partial charge in [-0.25, -0.2) is 0 Å². The second kappa shape index (κ2) is 8.11. The van der Waals surface area contributed by atoms with Crippen molar-refractivity contribution in [3.63, 3.8) is 0 Å². The van der Waals surface area contributed by atoms with Crippen LogP contribution < -0.4 is 4.74 Å². The lowest BCUT2D eigenvalue weighted by Gasteiger charge is -2.16. The molecule has 0 unspecified atom stereocenters. The van der Waals surface area contributed by atoms with E-state index in [1.807, 2.05) is 88.4 Å². The van der Waals surface area contributed by atoms with Crippen LogP contribution in [-0.2, 0) is 24.4 Å². The van der Waals surface area contributed by atoms with Gasteiger partial charge in [-0.15, -0.1) is 0 Å². The summed E-state index contributed by atoms with van der Waals surface area (Å²) in [5, 5.41) is 4.79. The maximum Gasteiger partial charge on any atom is 0.244 e. The van der Waals surface area contributed by atoms with Gasteiger partial charge < -0.3 is 9.64 Å². The van der Waals surface area contributed by atoms with Gasteiger partial charge >= 0.3 is 0 Å². The van der Waals surface area contributed by atoms with Gasteiger partial charge in [-0.05, 0) is 34.9 Å². The van der Waals surface area contributed by atoms with Crippen molar-refractivity contribution >= 4 is 5.91 Å². The van der Waals surface area contributed by atoms with Gasteiger partial charge in [0.25, 0.3) is 0 Å². The highest BCUT2D eigenvalue weighted by Gasteiger charge is 2.25. The Morgan fingerprint density at radius 3 is 2.26 bits per heavy atom. The molecule has 31 heavy (non-hydrogen) atoms. The molecule has 0 aliphatic carbocycles. The highest BCUT2D eigenvalue weighted by Crippen LogP contribution is 2.29. The molecule has 1 aliphatic heterocycles. The molecule has 1 amide bonds. The van der Waals surface area contributed by atoms with Crippen LogP contribution in [0.4, 0.5) is 0 Å². The molecule has 1 aromatic heterocycles. The fourth-order valence-corrected chi connectivity index (χ4v) is 4.03. The van der Waals surface area contributed by atoms with Crippen LogP contribution in [0.3, 0.4) is 0 Å². The number of amides is 1. The second-order valence-electron chi connectivity index (χ2n) is 7.69. The Balaban J connectivity index is 1.43. The molecule has 1 aliphatic rings. The number of fused-ring (bicyclic) bond motifs is 1. The summed E-state index contributed by atoms with van der Waals surface area (Å²) in [5.74, 6) is 0.869. The minimum absolute atomic E-state index is 0.0510. The van der Waals surface area contributed by atoms with Gasteiger partial charge in [0.15, 0.2) is 0 Å². The van der Waals surface area contributed by atoms with Crippen LogP contribution in [0.15, 0.2) is 84.9 Å². The number of rotatable bonds is 5. The second-order valence-corrected chi connectivity index (χ2v) is 7.69. The predicted octanol–water partition coefficient (Wildman–Crippen LogP) is 4.77. The number of nitrogens with zero attached hydrogens (tertiary/aromatic N) is 3. The third-order valence-electron chi connectivity index (χ3n) is 5.69. The SMILES string of the molecule is COc1ccc2c(c1)CN(C(=O)Cn1nc(-c3ccccc3)cc1-c1ccccc1)C2. The quantitative estimate of drug-likeness (QED) is 0.477. The molecule has 5 heteroatoms. The van der Waals surface area contributed by atoms with E-state index in [9.17, 15) is 4.79 Å². The summed E-state index contributed by atoms with van der Waals surface area (Å²) in [5.41, 5.74) is 6.18. The number of aromatic nitrogens is 2. The van der Waals surface area contributed by atoms with E-state index in [0.29, 0.717) is 13.1 Å². The first kappa shape index (κ1) is 19.1. The summed E-state index contributed by atoms with van der Waals surface area (Å²) in [4.78, 5) is 15.1. The van der Waals surface area contributed by atoms with E-state index in [0.717, 1.165) is 33.8 Å². The number of carbonyl (C=O) groups is 1. The first-order valence-electron chi connectivity index (χ1n) is 10.3. The standard InChI is InChI=1S/C26H23N3O2/c1-31-23-13-12-21-16-28(17-22(21)14-23)26(30)18-29-25(20-10-6-3-7-11-20)15-24(27-29)19-8-4-2-5-9-19/h2-15H,16-18H2,1H3. The average Bonchev–Trinajstić information content (AvgIpc) is 3.44. The zero-order valence-corrected chi connectivity index (χ0v) is 17.4. The lowest BCUT2D eigenvalue weighted by atomic mass is 10.1. The Morgan fingerprint density at radius 2 is 1.55 bits per heavy atom. The van der Waals surface area contributed by atoms with Crippen LogP contribution in [-0.4, -0.2) is 27.7 Å². The lowest BCUT2D eigenvalue weighted by molar-refractivity contribution is -0.132. The number of methoxy groups -OCH3 is 1. The number of hydrogen-bond donors (Lipinski definition) is 0. The fourth-order valence-electron chi connectivity index (χ4n) is 4.03. The summed E-state index contributed by atoms with van der Waals surface area (Å²) < 4.78 is 7.15. The largest absolute Gasteiger partial charge is 0.497 e. The molecule has 0 saturated heterocycles. The first-order chi connectivity index (χ1) is 15.2. The third kappa shape index (κ3) is 3.82. The number of benzene rings is 3. The van der Waals surface area contributed by atoms with Crippen LogP contribution in [0, 0.1) is 0 Å². The highest BCUT2D eigenvalue weighted by atomic mass is 16.5. The van der Waals surface area contributed by atoms with E-state index in [1.54, 1.807) is 7.11 Å². The van der Waals surface area contributed by atoms with E-state index in [4.69, 9.17) is 9.84 Å². The van der Waals surface area contributed by atoms with E-state index >= 15 is 0 Å². The van der Waals surface area contributed by atoms with Crippen LogP contribution >= 0.6 is 0 Å². The van der Waals surface area contributed by atoms with Crippen molar-refractivity contribution in [3.8, 4) is 28.3 Å². The van der Waals surface area contributed by atoms with Crippen LogP contribution in [0.2, 0.25) is 0 Å². The lowest BCUT2D eigenvalue weighted by Crippen LogP contribution is -2.29. The Kier molecular flexibility index (Phi) is 5.00. The Labute approximate surface area is 181 Å². The van der Waals surface area contributed by atoms with Crippen molar-refractivity contribution in [1.82, 2.24) is 14.7 Å². The number of ether oxygens (including phenoxy) is 1. The van der Waals surface area contributed by atoms with Crippen LogP contribution in [0.1, 0.15) is 11.1 Å². The average molecular weight is 409 g/mol. The van der Waals surface area contributed by atoms with Gasteiger partial charge in [0.1, 0.15) is 12.3 Å². The molecule has 3 aromatic carbocycles. The van der Waals surface area contributed by atoms with Crippen molar-refractivity contribution < 1.29 is 9.53 Å². The maximum absolute atomic E-state index is 13.2. The van der Waals surface area contributed by atoms with Gasteiger partial charge in [-0.1, -0.05) is 66.7 Å². The molecular formula is C26H23N3O2. The summed E-state index contributed by atoms with van der Waals surface area (Å²) >= 11 is 0. The highest BCUT2D eigenvalue weighted by molar-refractivity contribution is 5.78. The fraction of sp³-hybridized carbons (Fsp3) is 0.154. The summed E-state index contributed by atoms with van der Waals surface area (Å²) in [7, 11) is 1.66. The van der Waals surface area contributed by atoms with Gasteiger partial charge in [-0.2, -0.15) is 5.10 Å². The molecule has 0 fully saturated rings. The molecular weight excluding hydrogens is 386 g/mol. The van der Waals surface area contributed by atoms with Crippen molar-refractivity contribution in [2.24, 2.45) is 0 Å². The monoisotopic (exact) mass is 409 g/mol. The molecule has 154 valence electrons. The Hall–Kier alpha value is -3.86. The molecule has 0 bridgehead atoms. The van der Waals surface area contributed by atoms with Crippen LogP contribution in [0.25, 0.3) is 22.5 Å². The number of hydrogen-bond acceptors (Lipinski definition) is 3. The van der Waals surface area contributed by atoms with E-state index in [-0.39, 0.29) is 12.5 Å².